The lowest BCUT2D eigenvalue weighted by Crippen LogP contribution is -2.12. The second-order valence-electron chi connectivity index (χ2n) is 5.00. The first kappa shape index (κ1) is 15.0. The van der Waals surface area contributed by atoms with Gasteiger partial charge in [-0.05, 0) is 20.3 Å². The Kier molecular flexibility index (Phi) is 6.19. The fourth-order valence-corrected chi connectivity index (χ4v) is 2.14. The monoisotopic (exact) mass is 254 g/mol. The van der Waals surface area contributed by atoms with Crippen LogP contribution in [-0.4, -0.2) is 22.0 Å². The summed E-state index contributed by atoms with van der Waals surface area (Å²) in [6.07, 6.45) is 6.63. The molecule has 0 aromatic carbocycles. The van der Waals surface area contributed by atoms with E-state index < -0.39 is 6.10 Å². The molecule has 4 heteroatoms. The van der Waals surface area contributed by atoms with E-state index >= 15 is 0 Å². The number of hydrogen-bond acceptors (Lipinski definition) is 3. The van der Waals surface area contributed by atoms with Gasteiger partial charge in [0.2, 0.25) is 0 Å². The molecule has 0 radical (unpaired) electrons. The second-order valence-corrected chi connectivity index (χ2v) is 5.00. The highest BCUT2D eigenvalue weighted by atomic mass is 16.5. The molecule has 1 unspecified atom stereocenters. The van der Waals surface area contributed by atoms with E-state index in [9.17, 15) is 5.11 Å². The van der Waals surface area contributed by atoms with Crippen LogP contribution in [0.5, 0.6) is 5.75 Å². The van der Waals surface area contributed by atoms with Crippen LogP contribution in [-0.2, 0) is 0 Å². The number of hydrogen-bond donors (Lipinski definition) is 1. The van der Waals surface area contributed by atoms with Crippen molar-refractivity contribution in [2.24, 2.45) is 0 Å². The number of aromatic nitrogens is 2. The van der Waals surface area contributed by atoms with Crippen LogP contribution in [0.2, 0.25) is 0 Å². The van der Waals surface area contributed by atoms with E-state index in [0.29, 0.717) is 5.75 Å². The molecule has 1 aromatic rings. The zero-order chi connectivity index (χ0) is 13.5. The minimum absolute atomic E-state index is 0.231. The number of ether oxygens (including phenoxy) is 1. The molecule has 0 spiro atoms. The average molecular weight is 254 g/mol. The Balaban J connectivity index is 2.70. The maximum absolute atomic E-state index is 10.3. The number of rotatable bonds is 8. The Morgan fingerprint density at radius 2 is 2.06 bits per heavy atom. The summed E-state index contributed by atoms with van der Waals surface area (Å²) >= 11 is 0. The molecule has 0 saturated carbocycles. The molecule has 1 atom stereocenters. The van der Waals surface area contributed by atoms with Gasteiger partial charge in [0.15, 0.2) is 5.75 Å². The number of unbranched alkanes of at least 4 members (excludes halogenated alkanes) is 3. The van der Waals surface area contributed by atoms with Gasteiger partial charge in [0.1, 0.15) is 5.69 Å². The number of methoxy groups -OCH3 is 1. The van der Waals surface area contributed by atoms with Crippen molar-refractivity contribution < 1.29 is 9.84 Å². The molecule has 18 heavy (non-hydrogen) atoms. The third-order valence-corrected chi connectivity index (χ3v) is 3.15. The van der Waals surface area contributed by atoms with Gasteiger partial charge in [0.05, 0.1) is 19.4 Å². The van der Waals surface area contributed by atoms with E-state index in [1.54, 1.807) is 13.3 Å². The first-order chi connectivity index (χ1) is 8.61. The molecule has 1 aromatic heterocycles. The van der Waals surface area contributed by atoms with Crippen LogP contribution >= 0.6 is 0 Å². The van der Waals surface area contributed by atoms with Crippen LogP contribution in [0.25, 0.3) is 0 Å². The summed E-state index contributed by atoms with van der Waals surface area (Å²) < 4.78 is 7.13. The van der Waals surface area contributed by atoms with Crippen LogP contribution < -0.4 is 4.74 Å². The third kappa shape index (κ3) is 3.73. The predicted octanol–water partition coefficient (Wildman–Crippen LogP) is 3.48. The van der Waals surface area contributed by atoms with E-state index in [1.165, 1.54) is 19.3 Å². The second kappa shape index (κ2) is 7.41. The van der Waals surface area contributed by atoms with Crippen LogP contribution in [0.4, 0.5) is 0 Å². The van der Waals surface area contributed by atoms with Gasteiger partial charge in [-0.1, -0.05) is 32.6 Å². The number of nitrogens with zero attached hydrogens (tertiary/aromatic N) is 2. The molecule has 0 saturated heterocycles. The maximum Gasteiger partial charge on any atom is 0.162 e. The molecule has 1 N–H and O–H groups in total. The van der Waals surface area contributed by atoms with Gasteiger partial charge >= 0.3 is 0 Å². The lowest BCUT2D eigenvalue weighted by atomic mass is 10.1. The number of aliphatic hydroxyl groups excluding tert-OH is 1. The zero-order valence-corrected chi connectivity index (χ0v) is 12.0. The van der Waals surface area contributed by atoms with Crippen molar-refractivity contribution in [2.45, 2.75) is 65.0 Å². The Morgan fingerprint density at radius 1 is 1.33 bits per heavy atom. The molecule has 0 amide bonds. The standard InChI is InChI=1S/C14H26N2O2/c1-5-6-7-8-9-12(17)14-13(18-4)10-15-16(14)11(2)3/h10-12,17H,5-9H2,1-4H3. The molecular weight excluding hydrogens is 228 g/mol. The predicted molar refractivity (Wildman–Crippen MR) is 72.9 cm³/mol. The normalized spacial score (nSPS) is 13.0. The van der Waals surface area contributed by atoms with Crippen molar-refractivity contribution in [1.82, 2.24) is 9.78 Å². The Hall–Kier alpha value is -1.03. The lowest BCUT2D eigenvalue weighted by molar-refractivity contribution is 0.146. The highest BCUT2D eigenvalue weighted by Crippen LogP contribution is 2.30. The molecule has 1 heterocycles. The number of aliphatic hydroxyl groups is 1. The van der Waals surface area contributed by atoms with Gasteiger partial charge in [-0.15, -0.1) is 0 Å². The van der Waals surface area contributed by atoms with Crippen molar-refractivity contribution in [3.8, 4) is 5.75 Å². The molecule has 0 aliphatic rings. The molecule has 104 valence electrons. The summed E-state index contributed by atoms with van der Waals surface area (Å²) in [6.45, 7) is 6.30. The molecule has 0 bridgehead atoms. The van der Waals surface area contributed by atoms with Crippen LogP contribution in [0.3, 0.4) is 0 Å². The Morgan fingerprint density at radius 3 is 2.61 bits per heavy atom. The highest BCUT2D eigenvalue weighted by Gasteiger charge is 2.20. The summed E-state index contributed by atoms with van der Waals surface area (Å²) in [5, 5.41) is 14.6. The van der Waals surface area contributed by atoms with E-state index in [0.717, 1.165) is 18.5 Å². The van der Waals surface area contributed by atoms with Crippen LogP contribution in [0.1, 0.15) is 70.7 Å². The summed E-state index contributed by atoms with van der Waals surface area (Å²) in [5.41, 5.74) is 0.809. The fourth-order valence-electron chi connectivity index (χ4n) is 2.14. The molecule has 0 aliphatic carbocycles. The Labute approximate surface area is 110 Å². The minimum Gasteiger partial charge on any atom is -0.493 e. The minimum atomic E-state index is -0.485. The van der Waals surface area contributed by atoms with Gasteiger partial charge in [-0.25, -0.2) is 0 Å². The maximum atomic E-state index is 10.3. The van der Waals surface area contributed by atoms with E-state index in [4.69, 9.17) is 4.74 Å². The topological polar surface area (TPSA) is 47.3 Å². The molecule has 0 fully saturated rings. The first-order valence-electron chi connectivity index (χ1n) is 6.91. The fraction of sp³-hybridized carbons (Fsp3) is 0.786. The van der Waals surface area contributed by atoms with Crippen molar-refractivity contribution in [3.63, 3.8) is 0 Å². The lowest BCUT2D eigenvalue weighted by Gasteiger charge is -2.17. The van der Waals surface area contributed by atoms with Crippen molar-refractivity contribution >= 4 is 0 Å². The summed E-state index contributed by atoms with van der Waals surface area (Å²) in [5.74, 6) is 0.687. The molecular formula is C14H26N2O2. The smallest absolute Gasteiger partial charge is 0.162 e. The molecule has 0 aliphatic heterocycles. The van der Waals surface area contributed by atoms with Gasteiger partial charge in [-0.3, -0.25) is 4.68 Å². The quantitative estimate of drug-likeness (QED) is 0.722. The highest BCUT2D eigenvalue weighted by molar-refractivity contribution is 5.27. The van der Waals surface area contributed by atoms with Gasteiger partial charge in [0.25, 0.3) is 0 Å². The third-order valence-electron chi connectivity index (χ3n) is 3.15. The summed E-state index contributed by atoms with van der Waals surface area (Å²) in [7, 11) is 1.62. The Bertz CT molecular complexity index is 348. The SMILES string of the molecule is CCCCCCC(O)c1c(OC)cnn1C(C)C. The average Bonchev–Trinajstić information content (AvgIpc) is 2.78. The van der Waals surface area contributed by atoms with Crippen molar-refractivity contribution in [2.75, 3.05) is 7.11 Å². The molecule has 4 nitrogen and oxygen atoms in total. The summed E-state index contributed by atoms with van der Waals surface area (Å²) in [4.78, 5) is 0. The zero-order valence-electron chi connectivity index (χ0n) is 12.0. The van der Waals surface area contributed by atoms with Gasteiger partial charge in [0, 0.05) is 6.04 Å². The van der Waals surface area contributed by atoms with Crippen molar-refractivity contribution in [3.05, 3.63) is 11.9 Å². The van der Waals surface area contributed by atoms with Crippen molar-refractivity contribution in [1.29, 1.82) is 0 Å². The largest absolute Gasteiger partial charge is 0.493 e. The van der Waals surface area contributed by atoms with E-state index in [1.807, 2.05) is 4.68 Å². The van der Waals surface area contributed by atoms with E-state index in [2.05, 4.69) is 25.9 Å². The first-order valence-corrected chi connectivity index (χ1v) is 6.91. The summed E-state index contributed by atoms with van der Waals surface area (Å²) in [6, 6.07) is 0.231. The van der Waals surface area contributed by atoms with Crippen LogP contribution in [0, 0.1) is 0 Å². The molecule has 1 rings (SSSR count). The van der Waals surface area contributed by atoms with E-state index in [-0.39, 0.29) is 6.04 Å². The van der Waals surface area contributed by atoms with Crippen LogP contribution in [0.15, 0.2) is 6.20 Å². The van der Waals surface area contributed by atoms with Gasteiger partial charge < -0.3 is 9.84 Å². The van der Waals surface area contributed by atoms with Gasteiger partial charge in [-0.2, -0.15) is 5.10 Å².